The summed E-state index contributed by atoms with van der Waals surface area (Å²) in [5, 5.41) is 0. The molecule has 0 spiro atoms. The van der Waals surface area contributed by atoms with Crippen molar-refractivity contribution in [2.45, 2.75) is 18.4 Å². The van der Waals surface area contributed by atoms with Crippen molar-refractivity contribution in [2.24, 2.45) is 0 Å². The van der Waals surface area contributed by atoms with Gasteiger partial charge in [-0.25, -0.2) is 4.79 Å². The number of halogens is 1. The lowest BCUT2D eigenvalue weighted by Gasteiger charge is -2.09. The number of rotatable bonds is 1. The van der Waals surface area contributed by atoms with E-state index in [1.807, 2.05) is 6.07 Å². The average molecular weight is 295 g/mol. The predicted molar refractivity (Wildman–Crippen MR) is 66.4 cm³/mol. The molecule has 17 heavy (non-hydrogen) atoms. The van der Waals surface area contributed by atoms with Gasteiger partial charge in [-0.1, -0.05) is 28.1 Å². The van der Waals surface area contributed by atoms with Crippen LogP contribution in [0.15, 0.2) is 28.8 Å². The normalized spacial score (nSPS) is 24.1. The highest BCUT2D eigenvalue weighted by atomic mass is 79.9. The quantitative estimate of drug-likeness (QED) is 0.590. The SMILES string of the molecule is COC(=O)c1cc(Br)cc2c1OC1CC=C[C@H]21. The first-order chi connectivity index (χ1) is 8.20. The van der Waals surface area contributed by atoms with Crippen LogP contribution in [0.2, 0.25) is 0 Å². The zero-order valence-electron chi connectivity index (χ0n) is 9.27. The monoisotopic (exact) mass is 294 g/mol. The largest absolute Gasteiger partial charge is 0.488 e. The van der Waals surface area contributed by atoms with Gasteiger partial charge in [0.1, 0.15) is 17.4 Å². The maximum Gasteiger partial charge on any atom is 0.341 e. The van der Waals surface area contributed by atoms with Gasteiger partial charge in [-0.2, -0.15) is 0 Å². The van der Waals surface area contributed by atoms with E-state index in [9.17, 15) is 4.79 Å². The van der Waals surface area contributed by atoms with Gasteiger partial charge in [0.2, 0.25) is 0 Å². The molecule has 1 aliphatic carbocycles. The van der Waals surface area contributed by atoms with Crippen LogP contribution < -0.4 is 4.74 Å². The Balaban J connectivity index is 2.15. The van der Waals surface area contributed by atoms with Gasteiger partial charge in [-0.15, -0.1) is 0 Å². The molecule has 3 nitrogen and oxygen atoms in total. The Bertz CT molecular complexity index is 522. The Hall–Kier alpha value is -1.29. The molecule has 0 N–H and O–H groups in total. The van der Waals surface area contributed by atoms with Crippen LogP contribution in [0.1, 0.15) is 28.3 Å². The van der Waals surface area contributed by atoms with Gasteiger partial charge in [0.25, 0.3) is 0 Å². The van der Waals surface area contributed by atoms with Crippen LogP contribution in [0.3, 0.4) is 0 Å². The Morgan fingerprint density at radius 2 is 2.35 bits per heavy atom. The van der Waals surface area contributed by atoms with Crippen molar-refractivity contribution in [1.82, 2.24) is 0 Å². The number of methoxy groups -OCH3 is 1. The van der Waals surface area contributed by atoms with E-state index >= 15 is 0 Å². The Kier molecular flexibility index (Phi) is 2.47. The highest BCUT2D eigenvalue weighted by Crippen LogP contribution is 2.46. The maximum atomic E-state index is 11.7. The molecule has 0 bridgehead atoms. The zero-order chi connectivity index (χ0) is 12.0. The second-order valence-electron chi connectivity index (χ2n) is 4.21. The van der Waals surface area contributed by atoms with Crippen molar-refractivity contribution < 1.29 is 14.3 Å². The molecule has 0 radical (unpaired) electrons. The summed E-state index contributed by atoms with van der Waals surface area (Å²) in [5.74, 6) is 0.594. The molecule has 1 aromatic carbocycles. The molecule has 3 rings (SSSR count). The highest BCUT2D eigenvalue weighted by molar-refractivity contribution is 9.10. The first kappa shape index (κ1) is 10.8. The van der Waals surface area contributed by atoms with E-state index in [1.165, 1.54) is 7.11 Å². The smallest absolute Gasteiger partial charge is 0.341 e. The molecule has 2 aliphatic rings. The summed E-state index contributed by atoms with van der Waals surface area (Å²) < 4.78 is 11.5. The van der Waals surface area contributed by atoms with Gasteiger partial charge in [0, 0.05) is 22.4 Å². The average Bonchev–Trinajstić information content (AvgIpc) is 2.88. The molecular formula is C13H11BrO3. The number of ether oxygens (including phenoxy) is 2. The van der Waals surface area contributed by atoms with E-state index in [0.717, 1.165) is 16.5 Å². The van der Waals surface area contributed by atoms with Gasteiger partial charge in [0.05, 0.1) is 7.11 Å². The molecule has 1 heterocycles. The highest BCUT2D eigenvalue weighted by Gasteiger charge is 2.37. The number of carbonyl (C=O) groups is 1. The van der Waals surface area contributed by atoms with Crippen LogP contribution in [-0.2, 0) is 4.74 Å². The van der Waals surface area contributed by atoms with Gasteiger partial charge >= 0.3 is 5.97 Å². The molecule has 0 amide bonds. The minimum absolute atomic E-state index is 0.141. The molecular weight excluding hydrogens is 284 g/mol. The van der Waals surface area contributed by atoms with Crippen molar-refractivity contribution in [2.75, 3.05) is 7.11 Å². The van der Waals surface area contributed by atoms with Crippen molar-refractivity contribution in [1.29, 1.82) is 0 Å². The summed E-state index contributed by atoms with van der Waals surface area (Å²) in [4.78, 5) is 11.7. The standard InChI is InChI=1S/C13H11BrO3/c1-16-13(15)10-6-7(14)5-9-8-3-2-4-11(8)17-12(9)10/h2-3,5-6,8,11H,4H2,1H3/t8-,11?/m1/s1. The third-order valence-corrected chi connectivity index (χ3v) is 3.69. The van der Waals surface area contributed by atoms with Crippen molar-refractivity contribution in [3.63, 3.8) is 0 Å². The van der Waals surface area contributed by atoms with Gasteiger partial charge in [0.15, 0.2) is 0 Å². The van der Waals surface area contributed by atoms with Crippen LogP contribution in [0.5, 0.6) is 5.75 Å². The van der Waals surface area contributed by atoms with E-state index in [-0.39, 0.29) is 18.0 Å². The fraction of sp³-hybridized carbons (Fsp3) is 0.308. The molecule has 0 saturated heterocycles. The lowest BCUT2D eigenvalue weighted by molar-refractivity contribution is 0.0595. The summed E-state index contributed by atoms with van der Waals surface area (Å²) in [6.45, 7) is 0. The van der Waals surface area contributed by atoms with Crippen LogP contribution in [0.25, 0.3) is 0 Å². The Labute approximate surface area is 108 Å². The van der Waals surface area contributed by atoms with E-state index < -0.39 is 0 Å². The minimum atomic E-state index is -0.355. The van der Waals surface area contributed by atoms with E-state index in [2.05, 4.69) is 28.1 Å². The van der Waals surface area contributed by atoms with Crippen LogP contribution in [0, 0.1) is 0 Å². The number of hydrogen-bond acceptors (Lipinski definition) is 3. The summed E-state index contributed by atoms with van der Waals surface area (Å²) in [6.07, 6.45) is 5.31. The lowest BCUT2D eigenvalue weighted by Crippen LogP contribution is -2.12. The number of carbonyl (C=O) groups excluding carboxylic acids is 1. The van der Waals surface area contributed by atoms with E-state index in [4.69, 9.17) is 9.47 Å². The summed E-state index contributed by atoms with van der Waals surface area (Å²) in [6, 6.07) is 3.76. The fourth-order valence-electron chi connectivity index (χ4n) is 2.46. The molecule has 1 aromatic rings. The first-order valence-electron chi connectivity index (χ1n) is 5.46. The first-order valence-corrected chi connectivity index (χ1v) is 6.25. The van der Waals surface area contributed by atoms with Crippen LogP contribution in [-0.4, -0.2) is 19.2 Å². The molecule has 1 unspecified atom stereocenters. The minimum Gasteiger partial charge on any atom is -0.488 e. The van der Waals surface area contributed by atoms with E-state index in [1.54, 1.807) is 6.07 Å². The lowest BCUT2D eigenvalue weighted by atomic mass is 9.97. The predicted octanol–water partition coefficient (Wildman–Crippen LogP) is 3.04. The maximum absolute atomic E-state index is 11.7. The summed E-state index contributed by atoms with van der Waals surface area (Å²) in [5.41, 5.74) is 1.57. The van der Waals surface area contributed by atoms with Gasteiger partial charge in [-0.05, 0) is 12.1 Å². The molecule has 2 atom stereocenters. The molecule has 0 aromatic heterocycles. The molecule has 0 fully saturated rings. The van der Waals surface area contributed by atoms with Crippen LogP contribution >= 0.6 is 15.9 Å². The molecule has 0 saturated carbocycles. The zero-order valence-corrected chi connectivity index (χ0v) is 10.9. The molecule has 4 heteroatoms. The van der Waals surface area contributed by atoms with Crippen molar-refractivity contribution in [3.05, 3.63) is 39.9 Å². The Morgan fingerprint density at radius 3 is 3.12 bits per heavy atom. The second kappa shape index (κ2) is 3.88. The van der Waals surface area contributed by atoms with Crippen LogP contribution in [0.4, 0.5) is 0 Å². The number of hydrogen-bond donors (Lipinski definition) is 0. The number of fused-ring (bicyclic) bond motifs is 3. The summed E-state index contributed by atoms with van der Waals surface area (Å²) >= 11 is 3.42. The topological polar surface area (TPSA) is 35.5 Å². The van der Waals surface area contributed by atoms with Gasteiger partial charge in [-0.3, -0.25) is 0 Å². The van der Waals surface area contributed by atoms with Crippen molar-refractivity contribution >= 4 is 21.9 Å². The molecule has 88 valence electrons. The van der Waals surface area contributed by atoms with E-state index in [0.29, 0.717) is 11.3 Å². The van der Waals surface area contributed by atoms with Crippen molar-refractivity contribution in [3.8, 4) is 5.75 Å². The third-order valence-electron chi connectivity index (χ3n) is 3.23. The fourth-order valence-corrected chi connectivity index (χ4v) is 2.94. The third kappa shape index (κ3) is 1.59. The number of esters is 1. The Morgan fingerprint density at radius 1 is 1.53 bits per heavy atom. The second-order valence-corrected chi connectivity index (χ2v) is 5.12. The summed E-state index contributed by atoms with van der Waals surface area (Å²) in [7, 11) is 1.38. The molecule has 1 aliphatic heterocycles. The van der Waals surface area contributed by atoms with Gasteiger partial charge < -0.3 is 9.47 Å². The number of benzene rings is 1.